The van der Waals surface area contributed by atoms with Gasteiger partial charge in [-0.25, -0.2) is 0 Å². The fourth-order valence-corrected chi connectivity index (χ4v) is 2.80. The van der Waals surface area contributed by atoms with Gasteiger partial charge >= 0.3 is 0 Å². The van der Waals surface area contributed by atoms with Crippen molar-refractivity contribution in [3.8, 4) is 5.75 Å². The Kier molecular flexibility index (Phi) is 3.26. The first-order valence-electron chi connectivity index (χ1n) is 6.76. The van der Waals surface area contributed by atoms with Gasteiger partial charge < -0.3 is 10.1 Å². The molecule has 0 bridgehead atoms. The maximum Gasteiger partial charge on any atom is 0.122 e. The molecule has 2 heteroatoms. The topological polar surface area (TPSA) is 21.3 Å². The second-order valence-electron chi connectivity index (χ2n) is 5.14. The van der Waals surface area contributed by atoms with Gasteiger partial charge in [0.2, 0.25) is 0 Å². The fourth-order valence-electron chi connectivity index (χ4n) is 2.80. The molecule has 0 aromatic heterocycles. The second kappa shape index (κ2) is 5.06. The molecular formula is C17H19NO. The Hall–Kier alpha value is -1.80. The average molecular weight is 253 g/mol. The number of nitrogens with one attached hydrogen (secondary N) is 1. The van der Waals surface area contributed by atoms with Crippen molar-refractivity contribution in [2.24, 2.45) is 0 Å². The van der Waals surface area contributed by atoms with E-state index in [1.807, 2.05) is 19.2 Å². The van der Waals surface area contributed by atoms with Crippen LogP contribution in [0.3, 0.4) is 0 Å². The molecule has 1 N–H and O–H groups in total. The van der Waals surface area contributed by atoms with E-state index >= 15 is 0 Å². The van der Waals surface area contributed by atoms with Crippen LogP contribution >= 0.6 is 0 Å². The summed E-state index contributed by atoms with van der Waals surface area (Å²) in [5, 5.41) is 3.38. The second-order valence-corrected chi connectivity index (χ2v) is 5.14. The lowest BCUT2D eigenvalue weighted by Crippen LogP contribution is -2.30. The fraction of sp³-hybridized carbons (Fsp3) is 0.294. The molecule has 98 valence electrons. The Morgan fingerprint density at radius 1 is 1.05 bits per heavy atom. The zero-order valence-corrected chi connectivity index (χ0v) is 11.4. The molecule has 2 unspecified atom stereocenters. The monoisotopic (exact) mass is 253 g/mol. The number of likely N-dealkylation sites (N-methyl/N-ethyl adjacent to an activating group) is 1. The summed E-state index contributed by atoms with van der Waals surface area (Å²) < 4.78 is 6.15. The molecule has 0 fully saturated rings. The van der Waals surface area contributed by atoms with E-state index in [1.165, 1.54) is 16.7 Å². The van der Waals surface area contributed by atoms with Gasteiger partial charge in [0.1, 0.15) is 11.9 Å². The van der Waals surface area contributed by atoms with E-state index in [4.69, 9.17) is 4.74 Å². The van der Waals surface area contributed by atoms with E-state index in [0.29, 0.717) is 0 Å². The maximum atomic E-state index is 6.15. The summed E-state index contributed by atoms with van der Waals surface area (Å²) in [7, 11) is 2.00. The molecule has 19 heavy (non-hydrogen) atoms. The zero-order chi connectivity index (χ0) is 13.2. The Bertz CT molecular complexity index is 562. The van der Waals surface area contributed by atoms with E-state index in [9.17, 15) is 0 Å². The molecule has 0 saturated carbocycles. The first-order chi connectivity index (χ1) is 9.28. The van der Waals surface area contributed by atoms with Crippen molar-refractivity contribution in [2.45, 2.75) is 25.5 Å². The SMILES string of the molecule is CNC1c2ccccc2CC1Oc1ccc(C)cc1. The minimum absolute atomic E-state index is 0.171. The summed E-state index contributed by atoms with van der Waals surface area (Å²) in [6, 6.07) is 17.1. The highest BCUT2D eigenvalue weighted by atomic mass is 16.5. The van der Waals surface area contributed by atoms with E-state index in [-0.39, 0.29) is 12.1 Å². The predicted molar refractivity (Wildman–Crippen MR) is 77.5 cm³/mol. The summed E-state index contributed by atoms with van der Waals surface area (Å²) in [5.41, 5.74) is 4.01. The summed E-state index contributed by atoms with van der Waals surface area (Å²) in [6.07, 6.45) is 1.14. The van der Waals surface area contributed by atoms with Crippen LogP contribution in [0.5, 0.6) is 5.75 Å². The Labute approximate surface area is 114 Å². The number of benzene rings is 2. The largest absolute Gasteiger partial charge is 0.488 e. The molecule has 0 heterocycles. The van der Waals surface area contributed by atoms with Gasteiger partial charge in [-0.3, -0.25) is 0 Å². The summed E-state index contributed by atoms with van der Waals surface area (Å²) in [5.74, 6) is 0.948. The molecule has 0 saturated heterocycles. The third kappa shape index (κ3) is 2.36. The van der Waals surface area contributed by atoms with Crippen molar-refractivity contribution in [3.63, 3.8) is 0 Å². The Morgan fingerprint density at radius 3 is 2.53 bits per heavy atom. The lowest BCUT2D eigenvalue weighted by Gasteiger charge is -2.21. The molecular weight excluding hydrogens is 234 g/mol. The minimum Gasteiger partial charge on any atom is -0.488 e. The maximum absolute atomic E-state index is 6.15. The molecule has 0 aliphatic heterocycles. The van der Waals surface area contributed by atoms with Crippen LogP contribution in [-0.2, 0) is 6.42 Å². The quantitative estimate of drug-likeness (QED) is 0.906. The van der Waals surface area contributed by atoms with Gasteiger partial charge in [0.05, 0.1) is 6.04 Å². The standard InChI is InChI=1S/C17H19NO/c1-12-7-9-14(10-8-12)19-16-11-13-5-3-4-6-15(13)17(16)18-2/h3-10,16-18H,11H2,1-2H3. The highest BCUT2D eigenvalue weighted by Gasteiger charge is 2.32. The smallest absolute Gasteiger partial charge is 0.122 e. The van der Waals surface area contributed by atoms with Crippen molar-refractivity contribution in [1.29, 1.82) is 0 Å². The molecule has 0 amide bonds. The van der Waals surface area contributed by atoms with Crippen LogP contribution in [0.15, 0.2) is 48.5 Å². The van der Waals surface area contributed by atoms with Gasteiger partial charge in [-0.1, -0.05) is 42.0 Å². The number of rotatable bonds is 3. The van der Waals surface area contributed by atoms with E-state index < -0.39 is 0 Å². The van der Waals surface area contributed by atoms with Gasteiger partial charge in [-0.2, -0.15) is 0 Å². The van der Waals surface area contributed by atoms with Gasteiger partial charge in [0.25, 0.3) is 0 Å². The number of hydrogen-bond acceptors (Lipinski definition) is 2. The summed E-state index contributed by atoms with van der Waals surface area (Å²) in [4.78, 5) is 0. The number of fused-ring (bicyclic) bond motifs is 1. The molecule has 2 atom stereocenters. The predicted octanol–water partition coefficient (Wildman–Crippen LogP) is 3.26. The number of hydrogen-bond donors (Lipinski definition) is 1. The summed E-state index contributed by atoms with van der Waals surface area (Å²) >= 11 is 0. The van der Waals surface area contributed by atoms with Crippen molar-refractivity contribution in [2.75, 3.05) is 7.05 Å². The van der Waals surface area contributed by atoms with Crippen LogP contribution in [0.2, 0.25) is 0 Å². The van der Waals surface area contributed by atoms with Crippen molar-refractivity contribution >= 4 is 0 Å². The minimum atomic E-state index is 0.171. The molecule has 1 aliphatic carbocycles. The first-order valence-corrected chi connectivity index (χ1v) is 6.76. The third-order valence-electron chi connectivity index (χ3n) is 3.80. The zero-order valence-electron chi connectivity index (χ0n) is 11.4. The molecule has 2 aromatic rings. The molecule has 0 spiro atoms. The van der Waals surface area contributed by atoms with Crippen LogP contribution in [-0.4, -0.2) is 13.2 Å². The molecule has 2 nitrogen and oxygen atoms in total. The molecule has 0 radical (unpaired) electrons. The molecule has 3 rings (SSSR count). The van der Waals surface area contributed by atoms with E-state index in [1.54, 1.807) is 0 Å². The van der Waals surface area contributed by atoms with Crippen LogP contribution in [0, 0.1) is 6.92 Å². The average Bonchev–Trinajstić information content (AvgIpc) is 2.78. The van der Waals surface area contributed by atoms with Crippen LogP contribution in [0.25, 0.3) is 0 Å². The van der Waals surface area contributed by atoms with Crippen LogP contribution < -0.4 is 10.1 Å². The molecule has 1 aliphatic rings. The van der Waals surface area contributed by atoms with Gasteiger partial charge in [-0.05, 0) is 37.2 Å². The van der Waals surface area contributed by atoms with Crippen molar-refractivity contribution < 1.29 is 4.74 Å². The highest BCUT2D eigenvalue weighted by Crippen LogP contribution is 2.33. The van der Waals surface area contributed by atoms with Gasteiger partial charge in [0, 0.05) is 6.42 Å². The van der Waals surface area contributed by atoms with Gasteiger partial charge in [-0.15, -0.1) is 0 Å². The first kappa shape index (κ1) is 12.2. The number of ether oxygens (including phenoxy) is 1. The van der Waals surface area contributed by atoms with Crippen LogP contribution in [0.1, 0.15) is 22.7 Å². The lowest BCUT2D eigenvalue weighted by molar-refractivity contribution is 0.171. The third-order valence-corrected chi connectivity index (χ3v) is 3.80. The Balaban J connectivity index is 1.81. The van der Waals surface area contributed by atoms with Crippen molar-refractivity contribution in [3.05, 3.63) is 65.2 Å². The molecule has 2 aromatic carbocycles. The normalized spacial score (nSPS) is 21.2. The summed E-state index contributed by atoms with van der Waals surface area (Å²) in [6.45, 7) is 2.09. The Morgan fingerprint density at radius 2 is 1.79 bits per heavy atom. The van der Waals surface area contributed by atoms with Crippen molar-refractivity contribution in [1.82, 2.24) is 5.32 Å². The van der Waals surface area contributed by atoms with E-state index in [2.05, 4.69) is 48.6 Å². The lowest BCUT2D eigenvalue weighted by atomic mass is 10.1. The number of aryl methyl sites for hydroxylation is 1. The van der Waals surface area contributed by atoms with E-state index in [0.717, 1.165) is 12.2 Å². The van der Waals surface area contributed by atoms with Crippen LogP contribution in [0.4, 0.5) is 0 Å². The van der Waals surface area contributed by atoms with Gasteiger partial charge in [0.15, 0.2) is 0 Å². The highest BCUT2D eigenvalue weighted by molar-refractivity contribution is 5.37.